The van der Waals surface area contributed by atoms with E-state index >= 15 is 0 Å². The summed E-state index contributed by atoms with van der Waals surface area (Å²) < 4.78 is 20.1. The van der Waals surface area contributed by atoms with Gasteiger partial charge in [0.25, 0.3) is 0 Å². The molecule has 0 amide bonds. The van der Waals surface area contributed by atoms with Crippen LogP contribution in [0.25, 0.3) is 11.1 Å². The molecule has 0 bridgehead atoms. The highest BCUT2D eigenvalue weighted by Gasteiger charge is 2.33. The zero-order chi connectivity index (χ0) is 19.7. The fourth-order valence-corrected chi connectivity index (χ4v) is 3.85. The number of rotatable bonds is 4. The third kappa shape index (κ3) is 3.63. The van der Waals surface area contributed by atoms with Crippen molar-refractivity contribution in [3.63, 3.8) is 0 Å². The summed E-state index contributed by atoms with van der Waals surface area (Å²) in [6, 6.07) is 19.5. The van der Waals surface area contributed by atoms with Gasteiger partial charge in [0.15, 0.2) is 0 Å². The van der Waals surface area contributed by atoms with E-state index in [4.69, 9.17) is 4.74 Å². The Morgan fingerprint density at radius 3 is 2.68 bits per heavy atom. The summed E-state index contributed by atoms with van der Waals surface area (Å²) >= 11 is 0. The maximum absolute atomic E-state index is 13.6. The molecule has 142 valence electrons. The fourth-order valence-electron chi connectivity index (χ4n) is 3.85. The van der Waals surface area contributed by atoms with E-state index in [0.717, 1.165) is 40.8 Å². The standard InChI is InChI=1S/C24H21FO3/c1-24(15-16-5-2-9-20(25)13-16)12-11-17-6-4-10-21(22(17)28-24)18-7-3-8-19(14-18)23(26)27/h2-10,13-14H,11-12,15H2,1H3,(H,26,27)/t24-/m1/s1. The maximum Gasteiger partial charge on any atom is 0.335 e. The number of aromatic carboxylic acids is 1. The maximum atomic E-state index is 13.6. The molecule has 0 saturated carbocycles. The van der Waals surface area contributed by atoms with Crippen molar-refractivity contribution in [3.8, 4) is 16.9 Å². The Hall–Kier alpha value is -3.14. The predicted molar refractivity (Wildman–Crippen MR) is 106 cm³/mol. The fraction of sp³-hybridized carbons (Fsp3) is 0.208. The lowest BCUT2D eigenvalue weighted by molar-refractivity contribution is 0.0659. The van der Waals surface area contributed by atoms with Crippen molar-refractivity contribution in [2.24, 2.45) is 0 Å². The van der Waals surface area contributed by atoms with Gasteiger partial charge in [-0.05, 0) is 60.7 Å². The molecule has 3 nitrogen and oxygen atoms in total. The second-order valence-electron chi connectivity index (χ2n) is 7.54. The van der Waals surface area contributed by atoms with E-state index in [1.54, 1.807) is 30.3 Å². The lowest BCUT2D eigenvalue weighted by Gasteiger charge is -2.37. The summed E-state index contributed by atoms with van der Waals surface area (Å²) in [6.45, 7) is 2.05. The molecular formula is C24H21FO3. The quantitative estimate of drug-likeness (QED) is 0.652. The minimum absolute atomic E-state index is 0.244. The second-order valence-corrected chi connectivity index (χ2v) is 7.54. The Morgan fingerprint density at radius 2 is 1.89 bits per heavy atom. The van der Waals surface area contributed by atoms with E-state index in [-0.39, 0.29) is 11.4 Å². The van der Waals surface area contributed by atoms with Crippen LogP contribution in [0.4, 0.5) is 4.39 Å². The Morgan fingerprint density at radius 1 is 1.11 bits per heavy atom. The number of para-hydroxylation sites is 1. The van der Waals surface area contributed by atoms with E-state index in [1.165, 1.54) is 6.07 Å². The lowest BCUT2D eigenvalue weighted by atomic mass is 9.85. The highest BCUT2D eigenvalue weighted by molar-refractivity contribution is 5.90. The van der Waals surface area contributed by atoms with Crippen molar-refractivity contribution in [2.75, 3.05) is 0 Å². The van der Waals surface area contributed by atoms with Gasteiger partial charge in [-0.15, -0.1) is 0 Å². The third-order valence-corrected chi connectivity index (χ3v) is 5.26. The lowest BCUT2D eigenvalue weighted by Crippen LogP contribution is -2.38. The molecule has 0 spiro atoms. The Bertz CT molecular complexity index is 1040. The zero-order valence-corrected chi connectivity index (χ0v) is 15.6. The minimum atomic E-state index is -0.955. The number of ether oxygens (including phenoxy) is 1. The van der Waals surface area contributed by atoms with Crippen LogP contribution in [0.1, 0.15) is 34.8 Å². The Balaban J connectivity index is 1.70. The van der Waals surface area contributed by atoms with E-state index in [1.807, 2.05) is 37.3 Å². The first kappa shape index (κ1) is 18.2. The summed E-state index contributed by atoms with van der Waals surface area (Å²) in [5, 5.41) is 9.30. The number of carbonyl (C=O) groups is 1. The van der Waals surface area contributed by atoms with Crippen LogP contribution < -0.4 is 4.74 Å². The van der Waals surface area contributed by atoms with Crippen LogP contribution in [0.15, 0.2) is 66.7 Å². The number of hydrogen-bond donors (Lipinski definition) is 1. The molecule has 4 rings (SSSR count). The first-order valence-electron chi connectivity index (χ1n) is 9.33. The van der Waals surface area contributed by atoms with Gasteiger partial charge in [0, 0.05) is 12.0 Å². The van der Waals surface area contributed by atoms with Crippen molar-refractivity contribution < 1.29 is 19.0 Å². The molecule has 1 N–H and O–H groups in total. The van der Waals surface area contributed by atoms with Crippen LogP contribution in [-0.2, 0) is 12.8 Å². The molecule has 1 aliphatic heterocycles. The van der Waals surface area contributed by atoms with E-state index in [0.29, 0.717) is 6.42 Å². The monoisotopic (exact) mass is 376 g/mol. The summed E-state index contributed by atoms with van der Waals surface area (Å²) in [4.78, 5) is 11.3. The summed E-state index contributed by atoms with van der Waals surface area (Å²) in [7, 11) is 0. The van der Waals surface area contributed by atoms with E-state index in [2.05, 4.69) is 0 Å². The average Bonchev–Trinajstić information content (AvgIpc) is 2.67. The molecule has 28 heavy (non-hydrogen) atoms. The zero-order valence-electron chi connectivity index (χ0n) is 15.6. The Labute approximate surface area is 163 Å². The van der Waals surface area contributed by atoms with Crippen LogP contribution in [0, 0.1) is 5.82 Å². The van der Waals surface area contributed by atoms with Gasteiger partial charge in [0.1, 0.15) is 17.2 Å². The smallest absolute Gasteiger partial charge is 0.335 e. The van der Waals surface area contributed by atoms with Gasteiger partial charge in [0.2, 0.25) is 0 Å². The van der Waals surface area contributed by atoms with Gasteiger partial charge in [-0.3, -0.25) is 0 Å². The van der Waals surface area contributed by atoms with Gasteiger partial charge in [-0.25, -0.2) is 9.18 Å². The van der Waals surface area contributed by atoms with Gasteiger partial charge in [0.05, 0.1) is 5.56 Å². The molecule has 0 aromatic heterocycles. The van der Waals surface area contributed by atoms with Crippen LogP contribution in [0.3, 0.4) is 0 Å². The van der Waals surface area contributed by atoms with Crippen LogP contribution in [0.2, 0.25) is 0 Å². The summed E-state index contributed by atoms with van der Waals surface area (Å²) in [5.41, 5.74) is 3.48. The topological polar surface area (TPSA) is 46.5 Å². The van der Waals surface area contributed by atoms with Gasteiger partial charge in [-0.1, -0.05) is 42.5 Å². The average molecular weight is 376 g/mol. The summed E-state index contributed by atoms with van der Waals surface area (Å²) in [5.74, 6) is -0.415. The SMILES string of the molecule is C[C@]1(Cc2cccc(F)c2)CCc2cccc(-c3cccc(C(=O)O)c3)c2O1. The summed E-state index contributed by atoms with van der Waals surface area (Å²) in [6.07, 6.45) is 2.29. The highest BCUT2D eigenvalue weighted by atomic mass is 19.1. The molecule has 0 radical (unpaired) electrons. The van der Waals surface area contributed by atoms with Crippen LogP contribution in [0.5, 0.6) is 5.75 Å². The van der Waals surface area contributed by atoms with Crippen molar-refractivity contribution >= 4 is 5.97 Å². The van der Waals surface area contributed by atoms with Gasteiger partial charge < -0.3 is 9.84 Å². The van der Waals surface area contributed by atoms with Gasteiger partial charge >= 0.3 is 5.97 Å². The van der Waals surface area contributed by atoms with E-state index in [9.17, 15) is 14.3 Å². The van der Waals surface area contributed by atoms with E-state index < -0.39 is 11.6 Å². The highest BCUT2D eigenvalue weighted by Crippen LogP contribution is 2.42. The number of benzene rings is 3. The molecule has 0 aliphatic carbocycles. The molecule has 3 aromatic rings. The molecule has 1 heterocycles. The van der Waals surface area contributed by atoms with Crippen LogP contribution >= 0.6 is 0 Å². The Kier molecular flexibility index (Phi) is 4.63. The van der Waals surface area contributed by atoms with Crippen LogP contribution in [-0.4, -0.2) is 16.7 Å². The number of halogens is 1. The third-order valence-electron chi connectivity index (χ3n) is 5.26. The normalized spacial score (nSPS) is 18.2. The number of fused-ring (bicyclic) bond motifs is 1. The molecule has 0 saturated heterocycles. The number of carboxylic acid groups (broad SMARTS) is 1. The number of hydrogen-bond acceptors (Lipinski definition) is 2. The van der Waals surface area contributed by atoms with Crippen molar-refractivity contribution in [1.82, 2.24) is 0 Å². The van der Waals surface area contributed by atoms with Crippen molar-refractivity contribution in [2.45, 2.75) is 31.8 Å². The first-order chi connectivity index (χ1) is 13.4. The molecular weight excluding hydrogens is 355 g/mol. The molecule has 1 aliphatic rings. The largest absolute Gasteiger partial charge is 0.486 e. The number of carboxylic acids is 1. The first-order valence-corrected chi connectivity index (χ1v) is 9.33. The van der Waals surface area contributed by atoms with Crippen molar-refractivity contribution in [3.05, 3.63) is 89.2 Å². The molecule has 1 atom stereocenters. The second kappa shape index (κ2) is 7.12. The molecule has 4 heteroatoms. The molecule has 0 fully saturated rings. The molecule has 3 aromatic carbocycles. The molecule has 0 unspecified atom stereocenters. The predicted octanol–water partition coefficient (Wildman–Crippen LogP) is 5.52. The van der Waals surface area contributed by atoms with Gasteiger partial charge in [-0.2, -0.15) is 0 Å². The number of aryl methyl sites for hydroxylation is 1. The minimum Gasteiger partial charge on any atom is -0.486 e. The van der Waals surface area contributed by atoms with Crippen molar-refractivity contribution in [1.29, 1.82) is 0 Å².